The molecule has 0 N–H and O–H groups in total. The summed E-state index contributed by atoms with van der Waals surface area (Å²) in [6.45, 7) is 5.76. The Balaban J connectivity index is 3.31. The third-order valence-corrected chi connectivity index (χ3v) is 3.88. The van der Waals surface area contributed by atoms with E-state index >= 15 is 0 Å². The van der Waals surface area contributed by atoms with E-state index in [9.17, 15) is 8.42 Å². The van der Waals surface area contributed by atoms with E-state index < -0.39 is 10.0 Å². The number of benzene rings is 1. The van der Waals surface area contributed by atoms with Crippen LogP contribution >= 0.6 is 15.9 Å². The first-order chi connectivity index (χ1) is 7.36. The average Bonchev–Trinajstić information content (AvgIpc) is 2.17. The van der Waals surface area contributed by atoms with Gasteiger partial charge >= 0.3 is 0 Å². The third kappa shape index (κ3) is 3.09. The second-order valence-corrected chi connectivity index (χ2v) is 6.30. The van der Waals surface area contributed by atoms with Crippen LogP contribution in [-0.2, 0) is 10.0 Å². The molecule has 0 spiro atoms. The van der Waals surface area contributed by atoms with Crippen LogP contribution in [0.3, 0.4) is 0 Å². The molecule has 0 saturated carbocycles. The highest BCUT2D eigenvalue weighted by Crippen LogP contribution is 2.28. The Morgan fingerprint density at radius 2 is 2.12 bits per heavy atom. The molecule has 88 valence electrons. The summed E-state index contributed by atoms with van der Waals surface area (Å²) in [4.78, 5) is 0. The van der Waals surface area contributed by atoms with E-state index in [1.165, 1.54) is 10.6 Å². The predicted molar refractivity (Wildman–Crippen MR) is 71.3 cm³/mol. The Kier molecular flexibility index (Phi) is 4.15. The highest BCUT2D eigenvalue weighted by molar-refractivity contribution is 9.10. The van der Waals surface area contributed by atoms with Gasteiger partial charge in [-0.15, -0.1) is 6.58 Å². The van der Waals surface area contributed by atoms with Gasteiger partial charge in [0.05, 0.1) is 18.5 Å². The lowest BCUT2D eigenvalue weighted by Crippen LogP contribution is -2.30. The first-order valence-corrected chi connectivity index (χ1v) is 7.35. The molecule has 0 atom stereocenters. The molecule has 0 aliphatic carbocycles. The molecular formula is C11H14BrNO2S. The van der Waals surface area contributed by atoms with Crippen LogP contribution in [0.5, 0.6) is 0 Å². The third-order valence-electron chi connectivity index (χ3n) is 2.07. The molecule has 0 aromatic heterocycles. The van der Waals surface area contributed by atoms with E-state index in [0.717, 1.165) is 10.0 Å². The maximum Gasteiger partial charge on any atom is 0.232 e. The molecule has 0 saturated heterocycles. The number of anilines is 1. The number of nitrogens with zero attached hydrogens (tertiary/aromatic N) is 1. The second kappa shape index (κ2) is 5.01. The molecule has 0 heterocycles. The van der Waals surface area contributed by atoms with Gasteiger partial charge in [-0.2, -0.15) is 0 Å². The summed E-state index contributed by atoms with van der Waals surface area (Å²) in [6, 6.07) is 5.59. The van der Waals surface area contributed by atoms with Crippen LogP contribution in [0.1, 0.15) is 5.56 Å². The van der Waals surface area contributed by atoms with Gasteiger partial charge in [0.1, 0.15) is 0 Å². The lowest BCUT2D eigenvalue weighted by atomic mass is 10.2. The van der Waals surface area contributed by atoms with Crippen molar-refractivity contribution in [3.05, 3.63) is 40.9 Å². The Labute approximate surface area is 105 Å². The number of aryl methyl sites for hydroxylation is 1. The summed E-state index contributed by atoms with van der Waals surface area (Å²) in [5.74, 6) is 0. The monoisotopic (exact) mass is 303 g/mol. The normalized spacial score (nSPS) is 11.2. The van der Waals surface area contributed by atoms with Crippen molar-refractivity contribution in [3.63, 3.8) is 0 Å². The fourth-order valence-electron chi connectivity index (χ4n) is 1.34. The van der Waals surface area contributed by atoms with Crippen molar-refractivity contribution >= 4 is 31.6 Å². The Hall–Kier alpha value is -0.810. The zero-order valence-electron chi connectivity index (χ0n) is 9.27. The van der Waals surface area contributed by atoms with Crippen LogP contribution in [0, 0.1) is 6.92 Å². The number of sulfonamides is 1. The quantitative estimate of drug-likeness (QED) is 0.802. The minimum atomic E-state index is -3.29. The molecule has 1 rings (SSSR count). The minimum Gasteiger partial charge on any atom is -0.266 e. The Morgan fingerprint density at radius 1 is 1.50 bits per heavy atom. The van der Waals surface area contributed by atoms with E-state index in [2.05, 4.69) is 22.5 Å². The Bertz CT molecular complexity index is 497. The molecule has 0 aliphatic rings. The molecule has 0 bridgehead atoms. The molecule has 3 nitrogen and oxygen atoms in total. The summed E-state index contributed by atoms with van der Waals surface area (Å²) in [7, 11) is -3.29. The van der Waals surface area contributed by atoms with E-state index in [1.54, 1.807) is 6.08 Å². The van der Waals surface area contributed by atoms with Gasteiger partial charge in [0, 0.05) is 4.47 Å². The van der Waals surface area contributed by atoms with E-state index in [-0.39, 0.29) is 6.54 Å². The zero-order chi connectivity index (χ0) is 12.3. The van der Waals surface area contributed by atoms with Gasteiger partial charge in [0.15, 0.2) is 0 Å². The van der Waals surface area contributed by atoms with Crippen LogP contribution in [-0.4, -0.2) is 21.2 Å². The van der Waals surface area contributed by atoms with Crippen LogP contribution in [0.4, 0.5) is 5.69 Å². The van der Waals surface area contributed by atoms with Crippen molar-refractivity contribution in [1.29, 1.82) is 0 Å². The van der Waals surface area contributed by atoms with Crippen molar-refractivity contribution in [1.82, 2.24) is 0 Å². The lowest BCUT2D eigenvalue weighted by molar-refractivity contribution is 0.598. The number of hydrogen-bond acceptors (Lipinski definition) is 2. The summed E-state index contributed by atoms with van der Waals surface area (Å²) >= 11 is 3.35. The van der Waals surface area contributed by atoms with Crippen molar-refractivity contribution in [3.8, 4) is 0 Å². The largest absolute Gasteiger partial charge is 0.266 e. The maximum atomic E-state index is 11.6. The van der Waals surface area contributed by atoms with Gasteiger partial charge in [0.2, 0.25) is 10.0 Å². The molecule has 0 aliphatic heterocycles. The molecule has 0 unspecified atom stereocenters. The highest BCUT2D eigenvalue weighted by Gasteiger charge is 2.18. The zero-order valence-corrected chi connectivity index (χ0v) is 11.7. The summed E-state index contributed by atoms with van der Waals surface area (Å²) in [6.07, 6.45) is 2.75. The van der Waals surface area contributed by atoms with E-state index in [4.69, 9.17) is 0 Å². The molecule has 0 amide bonds. The van der Waals surface area contributed by atoms with Gasteiger partial charge in [-0.1, -0.05) is 12.1 Å². The number of rotatable bonds is 4. The van der Waals surface area contributed by atoms with E-state index in [1.807, 2.05) is 25.1 Å². The molecular weight excluding hydrogens is 290 g/mol. The number of halogens is 1. The van der Waals surface area contributed by atoms with Gasteiger partial charge in [-0.25, -0.2) is 8.42 Å². The summed E-state index contributed by atoms with van der Waals surface area (Å²) in [5, 5.41) is 0. The van der Waals surface area contributed by atoms with Gasteiger partial charge in [0.25, 0.3) is 0 Å². The van der Waals surface area contributed by atoms with Crippen LogP contribution in [0.15, 0.2) is 35.3 Å². The maximum absolute atomic E-state index is 11.6. The Morgan fingerprint density at radius 3 is 2.62 bits per heavy atom. The fraction of sp³-hybridized carbons (Fsp3) is 0.273. The molecule has 0 radical (unpaired) electrons. The van der Waals surface area contributed by atoms with Gasteiger partial charge < -0.3 is 0 Å². The average molecular weight is 304 g/mol. The smallest absolute Gasteiger partial charge is 0.232 e. The molecule has 1 aromatic carbocycles. The molecule has 1 aromatic rings. The second-order valence-electron chi connectivity index (χ2n) is 3.54. The number of hydrogen-bond donors (Lipinski definition) is 0. The fourth-order valence-corrected chi connectivity index (χ4v) is 2.81. The molecule has 5 heteroatoms. The van der Waals surface area contributed by atoms with Gasteiger partial charge in [-0.3, -0.25) is 4.31 Å². The lowest BCUT2D eigenvalue weighted by Gasteiger charge is -2.22. The van der Waals surface area contributed by atoms with Gasteiger partial charge in [-0.05, 0) is 40.5 Å². The first kappa shape index (κ1) is 13.3. The van der Waals surface area contributed by atoms with Crippen LogP contribution in [0.2, 0.25) is 0 Å². The first-order valence-electron chi connectivity index (χ1n) is 4.71. The molecule has 0 fully saturated rings. The standard InChI is InChI=1S/C11H14BrNO2S/c1-4-7-13(16(3,14)15)11-8-9(2)5-6-10(11)12/h4-6,8H,1,7H2,2-3H3. The van der Waals surface area contributed by atoms with Crippen LogP contribution in [0.25, 0.3) is 0 Å². The minimum absolute atomic E-state index is 0.265. The van der Waals surface area contributed by atoms with E-state index in [0.29, 0.717) is 5.69 Å². The van der Waals surface area contributed by atoms with Crippen LogP contribution < -0.4 is 4.31 Å². The van der Waals surface area contributed by atoms with Crippen molar-refractivity contribution in [2.24, 2.45) is 0 Å². The van der Waals surface area contributed by atoms with Crippen molar-refractivity contribution in [2.45, 2.75) is 6.92 Å². The topological polar surface area (TPSA) is 37.4 Å². The predicted octanol–water partition coefficient (Wildman–Crippen LogP) is 2.71. The summed E-state index contributed by atoms with van der Waals surface area (Å²) in [5.41, 5.74) is 1.65. The van der Waals surface area contributed by atoms with Crippen molar-refractivity contribution in [2.75, 3.05) is 17.1 Å². The van der Waals surface area contributed by atoms with Crippen molar-refractivity contribution < 1.29 is 8.42 Å². The SMILES string of the molecule is C=CCN(c1cc(C)ccc1Br)S(C)(=O)=O. The molecule has 16 heavy (non-hydrogen) atoms. The highest BCUT2D eigenvalue weighted by atomic mass is 79.9. The summed E-state index contributed by atoms with van der Waals surface area (Å²) < 4.78 is 25.4.